The Morgan fingerprint density at radius 2 is 1.62 bits per heavy atom. The molecule has 0 bridgehead atoms. The highest BCUT2D eigenvalue weighted by atomic mass is 19.4. The Balaban J connectivity index is 2.03. The van der Waals surface area contributed by atoms with Crippen molar-refractivity contribution < 1.29 is 23.1 Å². The molecule has 0 aliphatic rings. The molecule has 128 valence electrons. The average molecular weight is 337 g/mol. The van der Waals surface area contributed by atoms with Crippen LogP contribution in [0.4, 0.5) is 13.2 Å². The molecule has 2 atom stereocenters. The van der Waals surface area contributed by atoms with Gasteiger partial charge >= 0.3 is 12.1 Å². The van der Waals surface area contributed by atoms with Crippen LogP contribution in [0, 0.1) is 0 Å². The number of nitrogens with one attached hydrogen (secondary N) is 1. The summed E-state index contributed by atoms with van der Waals surface area (Å²) in [5.74, 6) is -1.13. The van der Waals surface area contributed by atoms with Gasteiger partial charge in [-0.25, -0.2) is 0 Å². The van der Waals surface area contributed by atoms with Gasteiger partial charge in [0.05, 0.1) is 5.56 Å². The van der Waals surface area contributed by atoms with E-state index in [1.807, 2.05) is 6.92 Å². The molecule has 2 rings (SSSR count). The molecule has 0 aliphatic heterocycles. The molecule has 0 aromatic heterocycles. The summed E-state index contributed by atoms with van der Waals surface area (Å²) in [6.07, 6.45) is -4.36. The number of benzene rings is 2. The topological polar surface area (TPSA) is 49.3 Å². The molecule has 0 heterocycles. The van der Waals surface area contributed by atoms with E-state index in [-0.39, 0.29) is 5.92 Å². The first-order valence-corrected chi connectivity index (χ1v) is 7.47. The van der Waals surface area contributed by atoms with Crippen LogP contribution in [0.3, 0.4) is 0 Å². The Labute approximate surface area is 138 Å². The summed E-state index contributed by atoms with van der Waals surface area (Å²) in [5.41, 5.74) is 0.649. The summed E-state index contributed by atoms with van der Waals surface area (Å²) in [7, 11) is 0. The first kappa shape index (κ1) is 18.0. The van der Waals surface area contributed by atoms with Crippen molar-refractivity contribution in [3.05, 3.63) is 71.3 Å². The molecular weight excluding hydrogens is 319 g/mol. The smallest absolute Gasteiger partial charge is 0.416 e. The van der Waals surface area contributed by atoms with Crippen molar-refractivity contribution in [3.8, 4) is 0 Å². The minimum absolute atomic E-state index is 0.127. The second-order valence-electron chi connectivity index (χ2n) is 5.61. The molecule has 0 saturated heterocycles. The third-order valence-electron chi connectivity index (χ3n) is 3.82. The number of carboxylic acids is 1. The summed E-state index contributed by atoms with van der Waals surface area (Å²) < 4.78 is 37.7. The average Bonchev–Trinajstić information content (AvgIpc) is 2.55. The third kappa shape index (κ3) is 4.58. The van der Waals surface area contributed by atoms with Crippen molar-refractivity contribution >= 4 is 5.97 Å². The van der Waals surface area contributed by atoms with Gasteiger partial charge < -0.3 is 10.4 Å². The minimum atomic E-state index is -4.36. The first-order valence-electron chi connectivity index (χ1n) is 7.47. The lowest BCUT2D eigenvalue weighted by Crippen LogP contribution is -2.31. The number of hydrogen-bond acceptors (Lipinski definition) is 2. The van der Waals surface area contributed by atoms with Gasteiger partial charge in [0.25, 0.3) is 0 Å². The van der Waals surface area contributed by atoms with Gasteiger partial charge in [-0.2, -0.15) is 13.2 Å². The number of rotatable bonds is 6. The van der Waals surface area contributed by atoms with Gasteiger partial charge in [-0.15, -0.1) is 0 Å². The second kappa shape index (κ2) is 7.49. The number of hydrogen-bond donors (Lipinski definition) is 2. The summed E-state index contributed by atoms with van der Waals surface area (Å²) in [6, 6.07) is 12.8. The van der Waals surface area contributed by atoms with Crippen molar-refractivity contribution in [1.82, 2.24) is 5.32 Å². The number of carboxylic acid groups (broad SMARTS) is 1. The fourth-order valence-corrected chi connectivity index (χ4v) is 2.41. The molecule has 0 spiro atoms. The zero-order chi connectivity index (χ0) is 17.7. The highest BCUT2D eigenvalue weighted by Gasteiger charge is 2.30. The van der Waals surface area contributed by atoms with Crippen molar-refractivity contribution in [2.45, 2.75) is 25.1 Å². The Hall–Kier alpha value is -2.34. The molecule has 24 heavy (non-hydrogen) atoms. The predicted octanol–water partition coefficient (Wildman–Crippen LogP) is 4.22. The molecule has 0 fully saturated rings. The number of carbonyl (C=O) groups is 1. The maximum Gasteiger partial charge on any atom is 0.416 e. The van der Waals surface area contributed by atoms with E-state index in [0.29, 0.717) is 17.7 Å². The highest BCUT2D eigenvalue weighted by Crippen LogP contribution is 2.30. The van der Waals surface area contributed by atoms with Gasteiger partial charge in [-0.3, -0.25) is 4.79 Å². The van der Waals surface area contributed by atoms with Crippen molar-refractivity contribution in [3.63, 3.8) is 0 Å². The van der Waals surface area contributed by atoms with Crippen LogP contribution >= 0.6 is 0 Å². The SMILES string of the molecule is CC(CN[C@@H](C(=O)O)c1ccccc1)c1ccc(C(F)(F)F)cc1. The molecule has 0 amide bonds. The molecular formula is C18H18F3NO2. The van der Waals surface area contributed by atoms with Crippen LogP contribution in [0.15, 0.2) is 54.6 Å². The van der Waals surface area contributed by atoms with E-state index in [2.05, 4.69) is 5.32 Å². The van der Waals surface area contributed by atoms with E-state index in [1.165, 1.54) is 12.1 Å². The molecule has 2 aromatic rings. The molecule has 0 aliphatic carbocycles. The minimum Gasteiger partial charge on any atom is -0.480 e. The molecule has 3 nitrogen and oxygen atoms in total. The van der Waals surface area contributed by atoms with Crippen LogP contribution in [0.25, 0.3) is 0 Å². The molecule has 2 N–H and O–H groups in total. The zero-order valence-electron chi connectivity index (χ0n) is 13.0. The molecule has 0 radical (unpaired) electrons. The van der Waals surface area contributed by atoms with E-state index >= 15 is 0 Å². The Kier molecular flexibility index (Phi) is 5.62. The molecule has 2 aromatic carbocycles. The lowest BCUT2D eigenvalue weighted by molar-refractivity contribution is -0.140. The van der Waals surface area contributed by atoms with Gasteiger partial charge in [-0.1, -0.05) is 49.4 Å². The summed E-state index contributed by atoms with van der Waals surface area (Å²) in [5, 5.41) is 12.3. The number of halogens is 3. The Morgan fingerprint density at radius 3 is 2.12 bits per heavy atom. The maximum atomic E-state index is 12.6. The summed E-state index contributed by atoms with van der Waals surface area (Å²) >= 11 is 0. The van der Waals surface area contributed by atoms with E-state index in [4.69, 9.17) is 0 Å². The highest BCUT2D eigenvalue weighted by molar-refractivity contribution is 5.75. The van der Waals surface area contributed by atoms with Gasteiger partial charge in [0.2, 0.25) is 0 Å². The van der Waals surface area contributed by atoms with E-state index in [0.717, 1.165) is 12.1 Å². The van der Waals surface area contributed by atoms with Crippen molar-refractivity contribution in [2.24, 2.45) is 0 Å². The van der Waals surface area contributed by atoms with Crippen LogP contribution in [0.1, 0.15) is 35.6 Å². The van der Waals surface area contributed by atoms with Crippen LogP contribution in [0.2, 0.25) is 0 Å². The summed E-state index contributed by atoms with van der Waals surface area (Å²) in [4.78, 5) is 11.4. The molecule has 1 unspecified atom stereocenters. The van der Waals surface area contributed by atoms with Crippen molar-refractivity contribution in [2.75, 3.05) is 6.54 Å². The Morgan fingerprint density at radius 1 is 1.04 bits per heavy atom. The van der Waals surface area contributed by atoms with E-state index < -0.39 is 23.8 Å². The Bertz CT molecular complexity index is 669. The fourth-order valence-electron chi connectivity index (χ4n) is 2.41. The second-order valence-corrected chi connectivity index (χ2v) is 5.61. The maximum absolute atomic E-state index is 12.6. The first-order chi connectivity index (χ1) is 11.3. The van der Waals surface area contributed by atoms with Gasteiger partial charge in [0.1, 0.15) is 6.04 Å². The van der Waals surface area contributed by atoms with Gasteiger partial charge in [-0.05, 0) is 29.2 Å². The fraction of sp³-hybridized carbons (Fsp3) is 0.278. The normalized spacial score (nSPS) is 14.2. The predicted molar refractivity (Wildman–Crippen MR) is 84.7 cm³/mol. The zero-order valence-corrected chi connectivity index (χ0v) is 13.0. The largest absolute Gasteiger partial charge is 0.480 e. The van der Waals surface area contributed by atoms with Crippen LogP contribution < -0.4 is 5.32 Å². The van der Waals surface area contributed by atoms with E-state index in [9.17, 15) is 23.1 Å². The molecule has 0 saturated carbocycles. The van der Waals surface area contributed by atoms with Crippen LogP contribution in [-0.2, 0) is 11.0 Å². The van der Waals surface area contributed by atoms with Crippen LogP contribution in [0.5, 0.6) is 0 Å². The third-order valence-corrected chi connectivity index (χ3v) is 3.82. The standard InChI is InChI=1S/C18H18F3NO2/c1-12(13-7-9-15(10-8-13)18(19,20)21)11-22-16(17(23)24)14-5-3-2-4-6-14/h2-10,12,16,22H,11H2,1H3,(H,23,24)/t12?,16-/m1/s1. The monoisotopic (exact) mass is 337 g/mol. The summed E-state index contributed by atoms with van der Waals surface area (Å²) in [6.45, 7) is 2.16. The van der Waals surface area contributed by atoms with E-state index in [1.54, 1.807) is 30.3 Å². The quantitative estimate of drug-likeness (QED) is 0.829. The van der Waals surface area contributed by atoms with Crippen molar-refractivity contribution in [1.29, 1.82) is 0 Å². The lowest BCUT2D eigenvalue weighted by atomic mass is 9.98. The number of alkyl halides is 3. The lowest BCUT2D eigenvalue weighted by Gasteiger charge is -2.19. The number of aliphatic carboxylic acids is 1. The van der Waals surface area contributed by atoms with Crippen LogP contribution in [-0.4, -0.2) is 17.6 Å². The van der Waals surface area contributed by atoms with Gasteiger partial charge in [0.15, 0.2) is 0 Å². The van der Waals surface area contributed by atoms with Gasteiger partial charge in [0, 0.05) is 6.54 Å². The molecule has 6 heteroatoms.